The van der Waals surface area contributed by atoms with Gasteiger partial charge in [0.25, 0.3) is 11.8 Å². The van der Waals surface area contributed by atoms with Crippen molar-refractivity contribution in [1.29, 1.82) is 0 Å². The molecule has 0 bridgehead atoms. The van der Waals surface area contributed by atoms with Crippen molar-refractivity contribution in [2.75, 3.05) is 19.1 Å². The second kappa shape index (κ2) is 6.38. The molecule has 132 valence electrons. The van der Waals surface area contributed by atoms with Gasteiger partial charge < -0.3 is 9.47 Å². The summed E-state index contributed by atoms with van der Waals surface area (Å²) in [6.07, 6.45) is 3.39. The Balaban J connectivity index is 1.76. The summed E-state index contributed by atoms with van der Waals surface area (Å²) in [6.45, 7) is 2.36. The van der Waals surface area contributed by atoms with Crippen molar-refractivity contribution in [3.8, 4) is 22.9 Å². The number of hydrogen-bond acceptors (Lipinski definition) is 7. The minimum Gasteiger partial charge on any atom is -0.491 e. The molecule has 0 unspecified atom stereocenters. The molecule has 0 fully saturated rings. The second-order valence-electron chi connectivity index (χ2n) is 5.81. The second-order valence-corrected chi connectivity index (χ2v) is 6.68. The number of aromatic nitrogens is 3. The normalized spacial score (nSPS) is 13.0. The topological polar surface area (TPSA) is 77.4 Å². The van der Waals surface area contributed by atoms with E-state index in [-0.39, 0.29) is 5.91 Å². The lowest BCUT2D eigenvalue weighted by molar-refractivity contribution is 0.0996. The molecule has 8 heteroatoms. The van der Waals surface area contributed by atoms with E-state index in [1.807, 2.05) is 19.1 Å². The largest absolute Gasteiger partial charge is 0.491 e. The standard InChI is InChI=1S/C18H16N4O3S/c1-10-4-12(11-5-14(24-2)17(25-3)20-6-11)21-13-8-22(18(23)16(10)13)15-7-19-9-26-15/h4-7,9H,8H2,1-3H3. The summed E-state index contributed by atoms with van der Waals surface area (Å²) in [6, 6.07) is 3.73. The van der Waals surface area contributed by atoms with E-state index in [2.05, 4.69) is 9.97 Å². The summed E-state index contributed by atoms with van der Waals surface area (Å²) < 4.78 is 10.5. The van der Waals surface area contributed by atoms with Gasteiger partial charge in [-0.2, -0.15) is 0 Å². The summed E-state index contributed by atoms with van der Waals surface area (Å²) >= 11 is 1.44. The summed E-state index contributed by atoms with van der Waals surface area (Å²) in [7, 11) is 3.11. The lowest BCUT2D eigenvalue weighted by Crippen LogP contribution is -2.22. The Morgan fingerprint density at radius 2 is 2.04 bits per heavy atom. The van der Waals surface area contributed by atoms with Gasteiger partial charge in [-0.25, -0.2) is 4.98 Å². The maximum Gasteiger partial charge on any atom is 0.261 e. The molecule has 3 aromatic rings. The Morgan fingerprint density at radius 1 is 1.19 bits per heavy atom. The van der Waals surface area contributed by atoms with E-state index in [9.17, 15) is 4.79 Å². The van der Waals surface area contributed by atoms with Crippen LogP contribution < -0.4 is 14.4 Å². The van der Waals surface area contributed by atoms with Crippen LogP contribution in [0, 0.1) is 6.92 Å². The number of amides is 1. The fraction of sp³-hybridized carbons (Fsp3) is 0.222. The van der Waals surface area contributed by atoms with Gasteiger partial charge in [-0.3, -0.25) is 19.7 Å². The number of pyridine rings is 2. The van der Waals surface area contributed by atoms with Gasteiger partial charge in [0.05, 0.1) is 49.4 Å². The zero-order valence-electron chi connectivity index (χ0n) is 14.5. The molecule has 1 amide bonds. The average molecular weight is 368 g/mol. The third kappa shape index (κ3) is 2.59. The average Bonchev–Trinajstić information content (AvgIpc) is 3.29. The minimum absolute atomic E-state index is 0.0359. The number of fused-ring (bicyclic) bond motifs is 1. The molecule has 0 aliphatic carbocycles. The van der Waals surface area contributed by atoms with E-state index >= 15 is 0 Å². The SMILES string of the molecule is COc1cc(-c2cc(C)c3c(n2)CN(c2cncs2)C3=O)cnc1OC. The maximum atomic E-state index is 12.8. The van der Waals surface area contributed by atoms with Crippen LogP contribution in [0.2, 0.25) is 0 Å². The Hall–Kier alpha value is -3.00. The van der Waals surface area contributed by atoms with Crippen LogP contribution in [0.5, 0.6) is 11.6 Å². The molecule has 1 aliphatic rings. The molecular weight excluding hydrogens is 352 g/mol. The predicted octanol–water partition coefficient (Wildman–Crippen LogP) is 3.09. The molecule has 0 aromatic carbocycles. The Morgan fingerprint density at radius 3 is 2.73 bits per heavy atom. The number of rotatable bonds is 4. The van der Waals surface area contributed by atoms with E-state index in [4.69, 9.17) is 14.5 Å². The molecule has 0 radical (unpaired) electrons. The zero-order chi connectivity index (χ0) is 18.3. The lowest BCUT2D eigenvalue weighted by atomic mass is 10.1. The van der Waals surface area contributed by atoms with Crippen molar-refractivity contribution < 1.29 is 14.3 Å². The van der Waals surface area contributed by atoms with E-state index in [0.29, 0.717) is 23.7 Å². The van der Waals surface area contributed by atoms with Crippen LogP contribution in [0.1, 0.15) is 21.6 Å². The Bertz CT molecular complexity index is 988. The number of carbonyl (C=O) groups is 1. The smallest absolute Gasteiger partial charge is 0.261 e. The van der Waals surface area contributed by atoms with Gasteiger partial charge in [0.1, 0.15) is 5.00 Å². The lowest BCUT2D eigenvalue weighted by Gasteiger charge is -2.11. The van der Waals surface area contributed by atoms with Crippen molar-refractivity contribution in [2.45, 2.75) is 13.5 Å². The summed E-state index contributed by atoms with van der Waals surface area (Å²) in [5.74, 6) is 0.916. The molecular formula is C18H16N4O3S. The van der Waals surface area contributed by atoms with Crippen LogP contribution >= 0.6 is 11.3 Å². The first-order chi connectivity index (χ1) is 12.6. The van der Waals surface area contributed by atoms with Gasteiger partial charge >= 0.3 is 0 Å². The summed E-state index contributed by atoms with van der Waals surface area (Å²) in [5, 5.41) is 0.821. The minimum atomic E-state index is -0.0359. The number of hydrogen-bond donors (Lipinski definition) is 0. The van der Waals surface area contributed by atoms with Gasteiger partial charge in [0.2, 0.25) is 0 Å². The summed E-state index contributed by atoms with van der Waals surface area (Å²) in [5.41, 5.74) is 5.57. The van der Waals surface area contributed by atoms with Crippen molar-refractivity contribution in [3.63, 3.8) is 0 Å². The van der Waals surface area contributed by atoms with E-state index in [1.165, 1.54) is 11.3 Å². The van der Waals surface area contributed by atoms with Crippen molar-refractivity contribution in [2.24, 2.45) is 0 Å². The molecule has 26 heavy (non-hydrogen) atoms. The van der Waals surface area contributed by atoms with Gasteiger partial charge in [-0.05, 0) is 24.6 Å². The number of ether oxygens (including phenoxy) is 2. The first-order valence-corrected chi connectivity index (χ1v) is 8.79. The molecule has 0 spiro atoms. The monoisotopic (exact) mass is 368 g/mol. The highest BCUT2D eigenvalue weighted by Crippen LogP contribution is 2.34. The summed E-state index contributed by atoms with van der Waals surface area (Å²) in [4.78, 5) is 27.5. The van der Waals surface area contributed by atoms with E-state index in [1.54, 1.807) is 37.0 Å². The number of nitrogens with zero attached hydrogens (tertiary/aromatic N) is 4. The molecule has 0 saturated carbocycles. The fourth-order valence-electron chi connectivity index (χ4n) is 3.04. The number of anilines is 1. The number of aryl methyl sites for hydroxylation is 1. The van der Waals surface area contributed by atoms with Crippen LogP contribution in [0.3, 0.4) is 0 Å². The first-order valence-electron chi connectivity index (χ1n) is 7.91. The fourth-order valence-corrected chi connectivity index (χ4v) is 3.67. The van der Waals surface area contributed by atoms with Crippen LogP contribution in [-0.4, -0.2) is 35.1 Å². The van der Waals surface area contributed by atoms with Crippen LogP contribution in [-0.2, 0) is 6.54 Å². The quantitative estimate of drug-likeness (QED) is 0.704. The highest BCUT2D eigenvalue weighted by Gasteiger charge is 2.32. The third-order valence-corrected chi connectivity index (χ3v) is 5.07. The van der Waals surface area contributed by atoms with Crippen molar-refractivity contribution in [1.82, 2.24) is 15.0 Å². The van der Waals surface area contributed by atoms with Crippen LogP contribution in [0.25, 0.3) is 11.3 Å². The van der Waals surface area contributed by atoms with E-state index < -0.39 is 0 Å². The van der Waals surface area contributed by atoms with Crippen LogP contribution in [0.15, 0.2) is 30.0 Å². The Labute approximate surface area is 154 Å². The molecule has 7 nitrogen and oxygen atoms in total. The molecule has 4 heterocycles. The molecule has 4 rings (SSSR count). The van der Waals surface area contributed by atoms with Crippen LogP contribution in [0.4, 0.5) is 5.00 Å². The van der Waals surface area contributed by atoms with Gasteiger partial charge in [-0.15, -0.1) is 11.3 Å². The number of carbonyl (C=O) groups excluding carboxylic acids is 1. The molecule has 3 aromatic heterocycles. The zero-order valence-corrected chi connectivity index (χ0v) is 15.3. The molecule has 1 aliphatic heterocycles. The maximum absolute atomic E-state index is 12.8. The molecule has 0 saturated heterocycles. The molecule has 0 atom stereocenters. The Kier molecular flexibility index (Phi) is 4.04. The highest BCUT2D eigenvalue weighted by atomic mass is 32.1. The van der Waals surface area contributed by atoms with Gasteiger partial charge in [0, 0.05) is 11.8 Å². The van der Waals surface area contributed by atoms with Gasteiger partial charge in [-0.1, -0.05) is 0 Å². The van der Waals surface area contributed by atoms with Crippen molar-refractivity contribution in [3.05, 3.63) is 46.9 Å². The predicted molar refractivity (Wildman–Crippen MR) is 97.9 cm³/mol. The molecule has 0 N–H and O–H groups in total. The van der Waals surface area contributed by atoms with E-state index in [0.717, 1.165) is 27.5 Å². The number of thiazole rings is 1. The van der Waals surface area contributed by atoms with Gasteiger partial charge in [0.15, 0.2) is 5.75 Å². The third-order valence-electron chi connectivity index (χ3n) is 4.27. The number of methoxy groups -OCH3 is 2. The first kappa shape index (κ1) is 16.5. The van der Waals surface area contributed by atoms with Crippen molar-refractivity contribution >= 4 is 22.2 Å². The highest BCUT2D eigenvalue weighted by molar-refractivity contribution is 7.14.